The largest absolute Gasteiger partial charge is 0.362 e. The van der Waals surface area contributed by atoms with Gasteiger partial charge in [0.25, 0.3) is 0 Å². The Morgan fingerprint density at radius 2 is 2.11 bits per heavy atom. The van der Waals surface area contributed by atoms with Gasteiger partial charge in [-0.3, -0.25) is 10.1 Å². The Kier molecular flexibility index (Phi) is 4.82. The van der Waals surface area contributed by atoms with Crippen LogP contribution < -0.4 is 10.6 Å². The van der Waals surface area contributed by atoms with E-state index >= 15 is 0 Å². The van der Waals surface area contributed by atoms with Crippen molar-refractivity contribution in [2.24, 2.45) is 5.92 Å². The van der Waals surface area contributed by atoms with Crippen LogP contribution in [0.1, 0.15) is 27.2 Å². The number of nitrogens with zero attached hydrogens (tertiary/aromatic N) is 3. The number of aromatic nitrogens is 2. The van der Waals surface area contributed by atoms with Crippen LogP contribution in [-0.2, 0) is 0 Å². The highest BCUT2D eigenvalue weighted by molar-refractivity contribution is 5.57. The van der Waals surface area contributed by atoms with E-state index < -0.39 is 4.92 Å². The third-order valence-corrected chi connectivity index (χ3v) is 2.40. The van der Waals surface area contributed by atoms with E-state index in [1.807, 2.05) is 6.92 Å². The molecule has 100 valence electrons. The molecule has 0 saturated heterocycles. The zero-order chi connectivity index (χ0) is 13.7. The third kappa shape index (κ3) is 3.83. The normalized spacial score (nSPS) is 12.3. The second-order valence-corrected chi connectivity index (χ2v) is 4.61. The van der Waals surface area contributed by atoms with Crippen molar-refractivity contribution >= 4 is 17.5 Å². The van der Waals surface area contributed by atoms with Crippen LogP contribution in [0.5, 0.6) is 0 Å². The molecule has 0 fully saturated rings. The zero-order valence-corrected chi connectivity index (χ0v) is 11.1. The molecule has 0 spiro atoms. The fourth-order valence-electron chi connectivity index (χ4n) is 1.74. The summed E-state index contributed by atoms with van der Waals surface area (Å²) in [4.78, 5) is 18.3. The molecule has 0 radical (unpaired) electrons. The number of anilines is 2. The van der Waals surface area contributed by atoms with Gasteiger partial charge in [0.1, 0.15) is 6.20 Å². The minimum Gasteiger partial charge on any atom is -0.362 e. The van der Waals surface area contributed by atoms with Crippen LogP contribution in [0.4, 0.5) is 17.5 Å². The Labute approximate surface area is 106 Å². The predicted octanol–water partition coefficient (Wildman–Crippen LogP) is 2.27. The maximum Gasteiger partial charge on any atom is 0.329 e. The molecule has 0 aliphatic carbocycles. The summed E-state index contributed by atoms with van der Waals surface area (Å²) in [7, 11) is 1.67. The second kappa shape index (κ2) is 6.13. The van der Waals surface area contributed by atoms with E-state index in [2.05, 4.69) is 34.4 Å². The topological polar surface area (TPSA) is 93.0 Å². The van der Waals surface area contributed by atoms with Gasteiger partial charge in [0, 0.05) is 13.1 Å². The van der Waals surface area contributed by atoms with Crippen molar-refractivity contribution < 1.29 is 4.92 Å². The zero-order valence-electron chi connectivity index (χ0n) is 11.1. The standard InChI is InChI=1S/C11H19N5O2/c1-7(2)5-8(3)14-10-9(16(17)18)6-13-11(12-4)15-10/h6-8H,5H2,1-4H3,(H2,12,13,14,15). The summed E-state index contributed by atoms with van der Waals surface area (Å²) in [5.74, 6) is 1.13. The molecule has 2 N–H and O–H groups in total. The lowest BCUT2D eigenvalue weighted by Gasteiger charge is -2.16. The number of hydrogen-bond donors (Lipinski definition) is 2. The van der Waals surface area contributed by atoms with Crippen molar-refractivity contribution in [1.29, 1.82) is 0 Å². The van der Waals surface area contributed by atoms with Gasteiger partial charge in [-0.2, -0.15) is 4.98 Å². The Bertz CT molecular complexity index is 422. The predicted molar refractivity (Wildman–Crippen MR) is 70.8 cm³/mol. The van der Waals surface area contributed by atoms with E-state index in [1.54, 1.807) is 7.05 Å². The van der Waals surface area contributed by atoms with Crippen LogP contribution in [0.2, 0.25) is 0 Å². The van der Waals surface area contributed by atoms with E-state index in [1.165, 1.54) is 6.20 Å². The molecule has 7 nitrogen and oxygen atoms in total. The molecule has 1 atom stereocenters. The maximum absolute atomic E-state index is 10.9. The Balaban J connectivity index is 2.93. The van der Waals surface area contributed by atoms with Gasteiger partial charge >= 0.3 is 5.69 Å². The second-order valence-electron chi connectivity index (χ2n) is 4.61. The van der Waals surface area contributed by atoms with E-state index in [9.17, 15) is 10.1 Å². The average molecular weight is 253 g/mol. The van der Waals surface area contributed by atoms with Gasteiger partial charge in [-0.1, -0.05) is 13.8 Å². The Hall–Kier alpha value is -1.92. The summed E-state index contributed by atoms with van der Waals surface area (Å²) in [6, 6.07) is 0.114. The highest BCUT2D eigenvalue weighted by atomic mass is 16.6. The number of nitrogens with one attached hydrogen (secondary N) is 2. The summed E-state index contributed by atoms with van der Waals surface area (Å²) in [5, 5.41) is 16.7. The maximum atomic E-state index is 10.9. The van der Waals surface area contributed by atoms with Crippen LogP contribution in [0.25, 0.3) is 0 Å². The van der Waals surface area contributed by atoms with Crippen LogP contribution in [-0.4, -0.2) is 28.0 Å². The molecule has 7 heteroatoms. The quantitative estimate of drug-likeness (QED) is 0.596. The Morgan fingerprint density at radius 3 is 2.61 bits per heavy atom. The van der Waals surface area contributed by atoms with Gasteiger partial charge in [-0.15, -0.1) is 0 Å². The highest BCUT2D eigenvalue weighted by Gasteiger charge is 2.18. The molecule has 1 aromatic heterocycles. The first kappa shape index (κ1) is 14.1. The van der Waals surface area contributed by atoms with Gasteiger partial charge in [-0.05, 0) is 19.3 Å². The van der Waals surface area contributed by atoms with Crippen molar-refractivity contribution in [2.45, 2.75) is 33.2 Å². The lowest BCUT2D eigenvalue weighted by molar-refractivity contribution is -0.384. The summed E-state index contributed by atoms with van der Waals surface area (Å²) >= 11 is 0. The first-order valence-corrected chi connectivity index (χ1v) is 5.89. The molecule has 0 saturated carbocycles. The molecule has 0 aliphatic rings. The number of nitro groups is 1. The third-order valence-electron chi connectivity index (χ3n) is 2.40. The van der Waals surface area contributed by atoms with Gasteiger partial charge in [-0.25, -0.2) is 4.98 Å². The lowest BCUT2D eigenvalue weighted by Crippen LogP contribution is -2.19. The minimum atomic E-state index is -0.482. The fraction of sp³-hybridized carbons (Fsp3) is 0.636. The van der Waals surface area contributed by atoms with Gasteiger partial charge in [0.15, 0.2) is 0 Å². The smallest absolute Gasteiger partial charge is 0.329 e. The van der Waals surface area contributed by atoms with Crippen LogP contribution in [0.15, 0.2) is 6.20 Å². The molecule has 18 heavy (non-hydrogen) atoms. The molecule has 0 amide bonds. The molecule has 0 aromatic carbocycles. The molecule has 0 bridgehead atoms. The first-order chi connectivity index (χ1) is 8.43. The highest BCUT2D eigenvalue weighted by Crippen LogP contribution is 2.23. The van der Waals surface area contributed by atoms with E-state index in [-0.39, 0.29) is 17.5 Å². The summed E-state index contributed by atoms with van der Waals surface area (Å²) in [6.45, 7) is 6.18. The fourth-order valence-corrected chi connectivity index (χ4v) is 1.74. The van der Waals surface area contributed by atoms with Crippen molar-refractivity contribution in [3.8, 4) is 0 Å². The van der Waals surface area contributed by atoms with Crippen LogP contribution in [0, 0.1) is 16.0 Å². The summed E-state index contributed by atoms with van der Waals surface area (Å²) < 4.78 is 0. The summed E-state index contributed by atoms with van der Waals surface area (Å²) in [5.41, 5.74) is -0.107. The van der Waals surface area contributed by atoms with Gasteiger partial charge in [0.2, 0.25) is 11.8 Å². The van der Waals surface area contributed by atoms with Gasteiger partial charge < -0.3 is 10.6 Å². The molecule has 1 aromatic rings. The molecular formula is C11H19N5O2. The average Bonchev–Trinajstić information content (AvgIpc) is 2.27. The van der Waals surface area contributed by atoms with Crippen molar-refractivity contribution in [3.63, 3.8) is 0 Å². The van der Waals surface area contributed by atoms with E-state index in [4.69, 9.17) is 0 Å². The van der Waals surface area contributed by atoms with Crippen molar-refractivity contribution in [3.05, 3.63) is 16.3 Å². The van der Waals surface area contributed by atoms with Gasteiger partial charge in [0.05, 0.1) is 4.92 Å². The molecule has 1 unspecified atom stereocenters. The number of rotatable bonds is 6. The van der Waals surface area contributed by atoms with E-state index in [0.717, 1.165) is 6.42 Å². The van der Waals surface area contributed by atoms with Crippen molar-refractivity contribution in [2.75, 3.05) is 17.7 Å². The molecule has 0 aliphatic heterocycles. The lowest BCUT2D eigenvalue weighted by atomic mass is 10.1. The molecule has 1 rings (SSSR count). The SMILES string of the molecule is CNc1ncc([N+](=O)[O-])c(NC(C)CC(C)C)n1. The minimum absolute atomic E-state index is 0.107. The van der Waals surface area contributed by atoms with Crippen LogP contribution in [0.3, 0.4) is 0 Å². The number of hydrogen-bond acceptors (Lipinski definition) is 6. The van der Waals surface area contributed by atoms with Crippen LogP contribution >= 0.6 is 0 Å². The van der Waals surface area contributed by atoms with Crippen molar-refractivity contribution in [1.82, 2.24) is 9.97 Å². The monoisotopic (exact) mass is 253 g/mol. The Morgan fingerprint density at radius 1 is 1.44 bits per heavy atom. The first-order valence-electron chi connectivity index (χ1n) is 5.89. The molecular weight excluding hydrogens is 234 g/mol. The summed E-state index contributed by atoms with van der Waals surface area (Å²) in [6.07, 6.45) is 2.12. The molecule has 1 heterocycles. The van der Waals surface area contributed by atoms with E-state index in [0.29, 0.717) is 11.9 Å².